The van der Waals surface area contributed by atoms with Crippen LogP contribution >= 0.6 is 0 Å². The van der Waals surface area contributed by atoms with Crippen LogP contribution in [0.25, 0.3) is 0 Å². The number of carboxylic acids is 1. The minimum atomic E-state index is -0.814. The fourth-order valence-electron chi connectivity index (χ4n) is 2.51. The summed E-state index contributed by atoms with van der Waals surface area (Å²) >= 11 is 0. The van der Waals surface area contributed by atoms with Gasteiger partial charge in [-0.15, -0.1) is 0 Å². The second-order valence-corrected chi connectivity index (χ2v) is 4.43. The molecule has 1 heterocycles. The Morgan fingerprint density at radius 3 is 2.88 bits per heavy atom. The molecule has 1 aliphatic heterocycles. The van der Waals surface area contributed by atoms with Crippen LogP contribution in [0.4, 0.5) is 4.39 Å². The molecular formula is C13H16FNO2. The maximum absolute atomic E-state index is 13.6. The van der Waals surface area contributed by atoms with Crippen molar-refractivity contribution in [3.63, 3.8) is 0 Å². The van der Waals surface area contributed by atoms with Crippen molar-refractivity contribution in [3.8, 4) is 0 Å². The highest BCUT2D eigenvalue weighted by molar-refractivity contribution is 5.73. The van der Waals surface area contributed by atoms with Crippen molar-refractivity contribution >= 4 is 5.97 Å². The van der Waals surface area contributed by atoms with E-state index in [0.717, 1.165) is 6.42 Å². The maximum atomic E-state index is 13.6. The first kappa shape index (κ1) is 12.0. The number of hydrogen-bond acceptors (Lipinski definition) is 2. The van der Waals surface area contributed by atoms with E-state index < -0.39 is 12.0 Å². The van der Waals surface area contributed by atoms with E-state index in [-0.39, 0.29) is 11.9 Å². The molecule has 0 bridgehead atoms. The number of benzene rings is 1. The number of likely N-dealkylation sites (tertiary alicyclic amines) is 1. The normalized spacial score (nSPS) is 22.6. The van der Waals surface area contributed by atoms with Crippen LogP contribution in [-0.4, -0.2) is 28.6 Å². The predicted molar refractivity (Wildman–Crippen MR) is 62.2 cm³/mol. The molecule has 1 aliphatic rings. The molecule has 2 unspecified atom stereocenters. The van der Waals surface area contributed by atoms with Gasteiger partial charge in [0.1, 0.15) is 11.9 Å². The van der Waals surface area contributed by atoms with Crippen LogP contribution in [0.15, 0.2) is 24.3 Å². The zero-order valence-electron chi connectivity index (χ0n) is 9.77. The van der Waals surface area contributed by atoms with Crippen molar-refractivity contribution < 1.29 is 14.3 Å². The molecule has 0 spiro atoms. The van der Waals surface area contributed by atoms with Gasteiger partial charge in [-0.1, -0.05) is 18.2 Å². The van der Waals surface area contributed by atoms with E-state index in [1.165, 1.54) is 6.07 Å². The van der Waals surface area contributed by atoms with Crippen LogP contribution in [0.1, 0.15) is 31.4 Å². The number of hydrogen-bond donors (Lipinski definition) is 1. The molecule has 0 radical (unpaired) electrons. The number of halogens is 1. The average Bonchev–Trinajstić information content (AvgIpc) is 2.77. The standard InChI is InChI=1S/C13H16FNO2/c1-9(10-5-2-3-6-11(10)14)15-8-4-7-12(15)13(16)17/h2-3,5-6,9,12H,4,7-8H2,1H3,(H,16,17). The lowest BCUT2D eigenvalue weighted by Gasteiger charge is -2.28. The van der Waals surface area contributed by atoms with E-state index in [9.17, 15) is 9.18 Å². The zero-order chi connectivity index (χ0) is 12.4. The van der Waals surface area contributed by atoms with Gasteiger partial charge < -0.3 is 5.11 Å². The van der Waals surface area contributed by atoms with E-state index >= 15 is 0 Å². The third-order valence-corrected chi connectivity index (χ3v) is 3.43. The Hall–Kier alpha value is -1.42. The average molecular weight is 237 g/mol. The molecule has 0 amide bonds. The van der Waals surface area contributed by atoms with Crippen LogP contribution < -0.4 is 0 Å². The molecule has 0 saturated carbocycles. The Labute approximate surface area is 99.9 Å². The third-order valence-electron chi connectivity index (χ3n) is 3.43. The van der Waals surface area contributed by atoms with Crippen LogP contribution in [0.3, 0.4) is 0 Å². The topological polar surface area (TPSA) is 40.5 Å². The molecule has 1 fully saturated rings. The summed E-state index contributed by atoms with van der Waals surface area (Å²) in [5, 5.41) is 9.11. The largest absolute Gasteiger partial charge is 0.480 e. The molecule has 0 aliphatic carbocycles. The smallest absolute Gasteiger partial charge is 0.320 e. The highest BCUT2D eigenvalue weighted by Crippen LogP contribution is 2.30. The Bertz CT molecular complexity index is 422. The highest BCUT2D eigenvalue weighted by Gasteiger charge is 2.34. The molecule has 3 nitrogen and oxygen atoms in total. The number of carboxylic acid groups (broad SMARTS) is 1. The van der Waals surface area contributed by atoms with Crippen LogP contribution in [0.2, 0.25) is 0 Å². The Morgan fingerprint density at radius 1 is 1.53 bits per heavy atom. The summed E-state index contributed by atoms with van der Waals surface area (Å²) in [5.74, 6) is -1.08. The van der Waals surface area contributed by atoms with Crippen LogP contribution in [-0.2, 0) is 4.79 Å². The van der Waals surface area contributed by atoms with Gasteiger partial charge in [-0.25, -0.2) is 4.39 Å². The van der Waals surface area contributed by atoms with E-state index in [2.05, 4.69) is 0 Å². The number of carbonyl (C=O) groups is 1. The second kappa shape index (κ2) is 4.84. The van der Waals surface area contributed by atoms with E-state index in [1.807, 2.05) is 11.8 Å². The first-order valence-electron chi connectivity index (χ1n) is 5.84. The minimum absolute atomic E-state index is 0.195. The van der Waals surface area contributed by atoms with Gasteiger partial charge in [-0.3, -0.25) is 9.69 Å². The van der Waals surface area contributed by atoms with Gasteiger partial charge in [-0.05, 0) is 32.4 Å². The minimum Gasteiger partial charge on any atom is -0.480 e. The summed E-state index contributed by atoms with van der Waals surface area (Å²) in [6, 6.07) is 5.88. The van der Waals surface area contributed by atoms with Crippen LogP contribution in [0.5, 0.6) is 0 Å². The maximum Gasteiger partial charge on any atom is 0.320 e. The van der Waals surface area contributed by atoms with E-state index in [0.29, 0.717) is 18.5 Å². The fraction of sp³-hybridized carbons (Fsp3) is 0.462. The molecule has 1 N–H and O–H groups in total. The van der Waals surface area contributed by atoms with Crippen molar-refractivity contribution in [2.24, 2.45) is 0 Å². The van der Waals surface area contributed by atoms with Gasteiger partial charge in [0.05, 0.1) is 0 Å². The quantitative estimate of drug-likeness (QED) is 0.877. The summed E-state index contributed by atoms with van der Waals surface area (Å²) in [7, 11) is 0. The van der Waals surface area contributed by atoms with E-state index in [4.69, 9.17) is 5.11 Å². The van der Waals surface area contributed by atoms with Gasteiger partial charge in [0, 0.05) is 11.6 Å². The summed E-state index contributed by atoms with van der Waals surface area (Å²) in [5.41, 5.74) is 0.570. The summed E-state index contributed by atoms with van der Waals surface area (Å²) < 4.78 is 13.6. The molecule has 2 rings (SSSR count). The van der Waals surface area contributed by atoms with Gasteiger partial charge in [0.2, 0.25) is 0 Å². The molecule has 1 aromatic carbocycles. The molecule has 0 aromatic heterocycles. The molecular weight excluding hydrogens is 221 g/mol. The predicted octanol–water partition coefficient (Wildman–Crippen LogP) is 2.44. The molecule has 92 valence electrons. The Kier molecular flexibility index (Phi) is 3.43. The van der Waals surface area contributed by atoms with Crippen molar-refractivity contribution in [3.05, 3.63) is 35.6 Å². The second-order valence-electron chi connectivity index (χ2n) is 4.43. The van der Waals surface area contributed by atoms with Crippen molar-refractivity contribution in [2.45, 2.75) is 31.8 Å². The number of aliphatic carboxylic acids is 1. The summed E-state index contributed by atoms with van der Waals surface area (Å²) in [4.78, 5) is 13.0. The van der Waals surface area contributed by atoms with E-state index in [1.54, 1.807) is 18.2 Å². The highest BCUT2D eigenvalue weighted by atomic mass is 19.1. The van der Waals surface area contributed by atoms with Gasteiger partial charge in [0.25, 0.3) is 0 Å². The third kappa shape index (κ3) is 2.31. The summed E-state index contributed by atoms with van der Waals surface area (Å²) in [6.07, 6.45) is 1.50. The zero-order valence-corrected chi connectivity index (χ0v) is 9.77. The van der Waals surface area contributed by atoms with Crippen molar-refractivity contribution in [1.82, 2.24) is 4.90 Å². The van der Waals surface area contributed by atoms with Crippen LogP contribution in [0, 0.1) is 5.82 Å². The first-order valence-corrected chi connectivity index (χ1v) is 5.84. The lowest BCUT2D eigenvalue weighted by atomic mass is 10.1. The Morgan fingerprint density at radius 2 is 2.24 bits per heavy atom. The Balaban J connectivity index is 2.23. The van der Waals surface area contributed by atoms with Gasteiger partial charge >= 0.3 is 5.97 Å². The molecule has 4 heteroatoms. The SMILES string of the molecule is CC(c1ccccc1F)N1CCCC1C(=O)O. The fourth-order valence-corrected chi connectivity index (χ4v) is 2.51. The van der Waals surface area contributed by atoms with Gasteiger partial charge in [-0.2, -0.15) is 0 Å². The lowest BCUT2D eigenvalue weighted by molar-refractivity contribution is -0.142. The molecule has 1 saturated heterocycles. The first-order chi connectivity index (χ1) is 8.11. The van der Waals surface area contributed by atoms with Gasteiger partial charge in [0.15, 0.2) is 0 Å². The summed E-state index contributed by atoms with van der Waals surface area (Å²) in [6.45, 7) is 2.58. The molecule has 1 aromatic rings. The lowest BCUT2D eigenvalue weighted by Crippen LogP contribution is -2.37. The van der Waals surface area contributed by atoms with Crippen molar-refractivity contribution in [1.29, 1.82) is 0 Å². The number of rotatable bonds is 3. The van der Waals surface area contributed by atoms with Crippen molar-refractivity contribution in [2.75, 3.05) is 6.54 Å². The monoisotopic (exact) mass is 237 g/mol. The number of nitrogens with zero attached hydrogens (tertiary/aromatic N) is 1. The molecule has 17 heavy (non-hydrogen) atoms. The molecule has 2 atom stereocenters.